The molecule has 1 aliphatic rings. The number of nitriles is 1. The number of nitro groups is 1. The lowest BCUT2D eigenvalue weighted by Crippen LogP contribution is -2.15. The molecule has 2 rings (SSSR count). The van der Waals surface area contributed by atoms with Crippen LogP contribution in [0, 0.1) is 21.4 Å². The summed E-state index contributed by atoms with van der Waals surface area (Å²) in [6.45, 7) is 2.07. The van der Waals surface area contributed by atoms with Crippen molar-refractivity contribution in [3.63, 3.8) is 0 Å². The van der Waals surface area contributed by atoms with E-state index in [2.05, 4.69) is 12.2 Å². The van der Waals surface area contributed by atoms with E-state index >= 15 is 0 Å². The van der Waals surface area contributed by atoms with Crippen LogP contribution in [0.2, 0.25) is 0 Å². The highest BCUT2D eigenvalue weighted by Crippen LogP contribution is 2.38. The molecule has 1 fully saturated rings. The van der Waals surface area contributed by atoms with Gasteiger partial charge < -0.3 is 5.32 Å². The molecule has 0 aliphatic heterocycles. The van der Waals surface area contributed by atoms with E-state index in [1.807, 2.05) is 6.07 Å². The predicted molar refractivity (Wildman–Crippen MR) is 59.1 cm³/mol. The number of nitro benzene ring substituents is 1. The third-order valence-corrected chi connectivity index (χ3v) is 2.76. The SMILES string of the molecule is CC1(Nc2ccc(C#N)c([N+](=O)[O-])c2)CC1. The lowest BCUT2D eigenvalue weighted by atomic mass is 10.1. The highest BCUT2D eigenvalue weighted by atomic mass is 16.6. The van der Waals surface area contributed by atoms with Crippen LogP contribution in [-0.4, -0.2) is 10.5 Å². The van der Waals surface area contributed by atoms with Gasteiger partial charge in [-0.2, -0.15) is 5.26 Å². The van der Waals surface area contributed by atoms with Crippen LogP contribution in [0.5, 0.6) is 0 Å². The average Bonchev–Trinajstić information content (AvgIpc) is 2.96. The third-order valence-electron chi connectivity index (χ3n) is 2.76. The van der Waals surface area contributed by atoms with Crippen molar-refractivity contribution in [2.75, 3.05) is 5.32 Å². The van der Waals surface area contributed by atoms with Gasteiger partial charge in [-0.3, -0.25) is 10.1 Å². The summed E-state index contributed by atoms with van der Waals surface area (Å²) in [6, 6.07) is 6.41. The topological polar surface area (TPSA) is 79.0 Å². The molecule has 0 atom stereocenters. The second kappa shape index (κ2) is 3.49. The smallest absolute Gasteiger partial charge is 0.289 e. The monoisotopic (exact) mass is 217 g/mol. The summed E-state index contributed by atoms with van der Waals surface area (Å²) in [5.74, 6) is 0. The maximum Gasteiger partial charge on any atom is 0.289 e. The molecule has 1 aromatic carbocycles. The number of benzene rings is 1. The second-order valence-corrected chi connectivity index (χ2v) is 4.29. The third kappa shape index (κ3) is 1.96. The van der Waals surface area contributed by atoms with E-state index in [0.717, 1.165) is 12.8 Å². The fourth-order valence-electron chi connectivity index (χ4n) is 1.52. The Morgan fingerprint density at radius 2 is 2.25 bits per heavy atom. The molecule has 1 saturated carbocycles. The Morgan fingerprint density at radius 1 is 1.56 bits per heavy atom. The molecule has 0 bridgehead atoms. The van der Waals surface area contributed by atoms with E-state index in [-0.39, 0.29) is 16.8 Å². The Bertz CT molecular complexity index is 486. The van der Waals surface area contributed by atoms with Gasteiger partial charge in [0.1, 0.15) is 11.6 Å². The van der Waals surface area contributed by atoms with Crippen molar-refractivity contribution in [2.45, 2.75) is 25.3 Å². The Balaban J connectivity index is 2.32. The Labute approximate surface area is 92.8 Å². The Kier molecular flexibility index (Phi) is 2.27. The summed E-state index contributed by atoms with van der Waals surface area (Å²) in [5.41, 5.74) is 0.723. The molecule has 0 aromatic heterocycles. The van der Waals surface area contributed by atoms with Crippen LogP contribution >= 0.6 is 0 Å². The van der Waals surface area contributed by atoms with Gasteiger partial charge in [-0.1, -0.05) is 0 Å². The van der Waals surface area contributed by atoms with Crippen molar-refractivity contribution in [1.82, 2.24) is 0 Å². The van der Waals surface area contributed by atoms with Gasteiger partial charge in [0.2, 0.25) is 0 Å². The zero-order chi connectivity index (χ0) is 11.8. The molecule has 1 aliphatic carbocycles. The van der Waals surface area contributed by atoms with Crippen molar-refractivity contribution in [1.29, 1.82) is 5.26 Å². The van der Waals surface area contributed by atoms with Gasteiger partial charge in [0.05, 0.1) is 4.92 Å². The maximum atomic E-state index is 10.7. The number of nitrogens with one attached hydrogen (secondary N) is 1. The maximum absolute atomic E-state index is 10.7. The standard InChI is InChI=1S/C11H11N3O2/c1-11(4-5-11)13-9-3-2-8(7-12)10(6-9)14(15)16/h2-3,6,13H,4-5H2,1H3. The molecule has 5 nitrogen and oxygen atoms in total. The second-order valence-electron chi connectivity index (χ2n) is 4.29. The van der Waals surface area contributed by atoms with E-state index in [4.69, 9.17) is 5.26 Å². The Morgan fingerprint density at radius 3 is 2.75 bits per heavy atom. The zero-order valence-corrected chi connectivity index (χ0v) is 8.86. The van der Waals surface area contributed by atoms with Crippen LogP contribution in [0.3, 0.4) is 0 Å². The number of nitrogens with zero attached hydrogens (tertiary/aromatic N) is 2. The lowest BCUT2D eigenvalue weighted by Gasteiger charge is -2.12. The van der Waals surface area contributed by atoms with Gasteiger partial charge in [-0.25, -0.2) is 0 Å². The summed E-state index contributed by atoms with van der Waals surface area (Å²) in [5, 5.41) is 22.7. The van der Waals surface area contributed by atoms with Gasteiger partial charge >= 0.3 is 0 Å². The fourth-order valence-corrected chi connectivity index (χ4v) is 1.52. The molecule has 1 aromatic rings. The van der Waals surface area contributed by atoms with Gasteiger partial charge in [0.25, 0.3) is 5.69 Å². The van der Waals surface area contributed by atoms with Gasteiger partial charge in [-0.05, 0) is 31.9 Å². The van der Waals surface area contributed by atoms with Crippen molar-refractivity contribution in [2.24, 2.45) is 0 Å². The van der Waals surface area contributed by atoms with E-state index in [1.54, 1.807) is 6.07 Å². The molecule has 0 heterocycles. The van der Waals surface area contributed by atoms with Crippen molar-refractivity contribution in [3.8, 4) is 6.07 Å². The number of anilines is 1. The van der Waals surface area contributed by atoms with Crippen LogP contribution < -0.4 is 5.32 Å². The molecule has 5 heteroatoms. The number of rotatable bonds is 3. The Hall–Kier alpha value is -2.09. The summed E-state index contributed by atoms with van der Waals surface area (Å²) >= 11 is 0. The highest BCUT2D eigenvalue weighted by Gasteiger charge is 2.37. The molecule has 16 heavy (non-hydrogen) atoms. The fraction of sp³-hybridized carbons (Fsp3) is 0.364. The van der Waals surface area contributed by atoms with E-state index in [9.17, 15) is 10.1 Å². The predicted octanol–water partition coefficient (Wildman–Crippen LogP) is 2.43. The van der Waals surface area contributed by atoms with Crippen molar-refractivity contribution >= 4 is 11.4 Å². The molecule has 0 radical (unpaired) electrons. The lowest BCUT2D eigenvalue weighted by molar-refractivity contribution is -0.385. The quantitative estimate of drug-likeness (QED) is 0.622. The molecule has 82 valence electrons. The normalized spacial score (nSPS) is 16.2. The average molecular weight is 217 g/mol. The summed E-state index contributed by atoms with van der Waals surface area (Å²) in [6.07, 6.45) is 2.14. The minimum Gasteiger partial charge on any atom is -0.380 e. The van der Waals surface area contributed by atoms with Crippen molar-refractivity contribution < 1.29 is 4.92 Å². The molecule has 0 saturated heterocycles. The molecular formula is C11H11N3O2. The number of hydrogen-bond acceptors (Lipinski definition) is 4. The van der Waals surface area contributed by atoms with E-state index in [1.165, 1.54) is 12.1 Å². The van der Waals surface area contributed by atoms with Crippen LogP contribution in [0.25, 0.3) is 0 Å². The summed E-state index contributed by atoms with van der Waals surface area (Å²) in [7, 11) is 0. The minimum atomic E-state index is -0.529. The van der Waals surface area contributed by atoms with Crippen LogP contribution in [0.1, 0.15) is 25.3 Å². The largest absolute Gasteiger partial charge is 0.380 e. The molecule has 0 spiro atoms. The molecule has 1 N–H and O–H groups in total. The summed E-state index contributed by atoms with van der Waals surface area (Å²) < 4.78 is 0. The molecule has 0 amide bonds. The first kappa shape index (κ1) is 10.4. The molecule has 0 unspecified atom stereocenters. The van der Waals surface area contributed by atoms with Gasteiger partial charge in [-0.15, -0.1) is 0 Å². The summed E-state index contributed by atoms with van der Waals surface area (Å²) in [4.78, 5) is 10.2. The van der Waals surface area contributed by atoms with Gasteiger partial charge in [0, 0.05) is 17.3 Å². The zero-order valence-electron chi connectivity index (χ0n) is 8.86. The van der Waals surface area contributed by atoms with Crippen molar-refractivity contribution in [3.05, 3.63) is 33.9 Å². The minimum absolute atomic E-state index is 0.0715. The first-order chi connectivity index (χ1) is 7.54. The van der Waals surface area contributed by atoms with E-state index in [0.29, 0.717) is 5.69 Å². The first-order valence-electron chi connectivity index (χ1n) is 5.01. The molecular weight excluding hydrogens is 206 g/mol. The highest BCUT2D eigenvalue weighted by molar-refractivity contribution is 5.60. The van der Waals surface area contributed by atoms with Crippen LogP contribution in [0.4, 0.5) is 11.4 Å². The van der Waals surface area contributed by atoms with Crippen LogP contribution in [0.15, 0.2) is 18.2 Å². The van der Waals surface area contributed by atoms with Gasteiger partial charge in [0.15, 0.2) is 0 Å². The van der Waals surface area contributed by atoms with E-state index < -0.39 is 4.92 Å². The van der Waals surface area contributed by atoms with Crippen LogP contribution in [-0.2, 0) is 0 Å². The first-order valence-corrected chi connectivity index (χ1v) is 5.01. The number of hydrogen-bond donors (Lipinski definition) is 1.